The second-order valence-electron chi connectivity index (χ2n) is 6.11. The summed E-state index contributed by atoms with van der Waals surface area (Å²) in [4.78, 5) is 2.05. The van der Waals surface area contributed by atoms with Gasteiger partial charge in [-0.1, -0.05) is 61.0 Å². The summed E-state index contributed by atoms with van der Waals surface area (Å²) in [5.74, 6) is 0.451. The van der Waals surface area contributed by atoms with Gasteiger partial charge in [0.25, 0.3) is 0 Å². The van der Waals surface area contributed by atoms with E-state index in [-0.39, 0.29) is 5.41 Å². The van der Waals surface area contributed by atoms with Crippen molar-refractivity contribution in [2.24, 2.45) is 11.1 Å². The van der Waals surface area contributed by atoms with Gasteiger partial charge in [-0.3, -0.25) is 5.41 Å². The van der Waals surface area contributed by atoms with E-state index in [2.05, 4.69) is 61.0 Å². The lowest BCUT2D eigenvalue weighted by atomic mass is 9.95. The van der Waals surface area contributed by atoms with Gasteiger partial charge in [0.2, 0.25) is 0 Å². The van der Waals surface area contributed by atoms with Crippen LogP contribution in [-0.2, 0) is 11.9 Å². The maximum Gasteiger partial charge on any atom is 0.122 e. The van der Waals surface area contributed by atoms with Crippen LogP contribution in [0.5, 0.6) is 0 Å². The van der Waals surface area contributed by atoms with Crippen LogP contribution in [0.4, 0.5) is 0 Å². The Balaban J connectivity index is 2.84. The quantitative estimate of drug-likeness (QED) is 0.486. The fourth-order valence-electron chi connectivity index (χ4n) is 1.95. The van der Waals surface area contributed by atoms with Crippen molar-refractivity contribution in [2.75, 3.05) is 6.54 Å². The Morgan fingerprint density at radius 2 is 1.80 bits per heavy atom. The van der Waals surface area contributed by atoms with Crippen LogP contribution >= 0.6 is 15.9 Å². The highest BCUT2D eigenvalue weighted by Crippen LogP contribution is 2.18. The Hall–Kier alpha value is -1.29. The second-order valence-corrected chi connectivity index (χ2v) is 6.67. The molecule has 0 aliphatic rings. The predicted molar refractivity (Wildman–Crippen MR) is 90.0 cm³/mol. The second kappa shape index (κ2) is 7.48. The molecule has 110 valence electrons. The molecule has 1 aromatic rings. The summed E-state index contributed by atoms with van der Waals surface area (Å²) in [6, 6.07) is 8.46. The van der Waals surface area contributed by atoms with E-state index in [1.165, 1.54) is 17.3 Å². The lowest BCUT2D eigenvalue weighted by molar-refractivity contribution is 0.269. The molecule has 0 bridgehead atoms. The Bertz CT molecular complexity index is 458. The van der Waals surface area contributed by atoms with Gasteiger partial charge in [-0.2, -0.15) is 0 Å². The van der Waals surface area contributed by atoms with Gasteiger partial charge < -0.3 is 10.6 Å². The number of hydrogen-bond donors (Lipinski definition) is 2. The lowest BCUT2D eigenvalue weighted by Crippen LogP contribution is -2.36. The van der Waals surface area contributed by atoms with Gasteiger partial charge in [-0.15, -0.1) is 0 Å². The van der Waals surface area contributed by atoms with Gasteiger partial charge in [0, 0.05) is 18.4 Å². The standard InChI is InChI=1S/C16H24BrN3/c1-16(2,3)12-20(15(19)8-9-18)11-14-6-4-13(10-17)5-7-14/h4-9,19H,10-12,18H2,1-3H3/b9-8-,19-15?. The maximum absolute atomic E-state index is 8.11. The molecule has 0 saturated carbocycles. The van der Waals surface area contributed by atoms with E-state index >= 15 is 0 Å². The summed E-state index contributed by atoms with van der Waals surface area (Å²) in [7, 11) is 0. The third-order valence-corrected chi connectivity index (χ3v) is 3.46. The predicted octanol–water partition coefficient (Wildman–Crippen LogP) is 3.88. The molecule has 0 amide bonds. The summed E-state index contributed by atoms with van der Waals surface area (Å²) >= 11 is 3.45. The highest BCUT2D eigenvalue weighted by molar-refractivity contribution is 9.08. The summed E-state index contributed by atoms with van der Waals surface area (Å²) in [5.41, 5.74) is 8.00. The molecule has 4 heteroatoms. The molecule has 1 rings (SSSR count). The normalized spacial score (nSPS) is 11.8. The summed E-state index contributed by atoms with van der Waals surface area (Å²) in [5, 5.41) is 8.97. The van der Waals surface area contributed by atoms with Crippen LogP contribution in [0.1, 0.15) is 31.9 Å². The fraction of sp³-hybridized carbons (Fsp3) is 0.438. The number of rotatable bonds is 5. The van der Waals surface area contributed by atoms with Crippen LogP contribution in [0.3, 0.4) is 0 Å². The molecule has 3 N–H and O–H groups in total. The molecule has 0 aromatic heterocycles. The third-order valence-electron chi connectivity index (χ3n) is 2.81. The molecule has 0 fully saturated rings. The number of amidine groups is 1. The first-order chi connectivity index (χ1) is 9.35. The summed E-state index contributed by atoms with van der Waals surface area (Å²) < 4.78 is 0. The summed E-state index contributed by atoms with van der Waals surface area (Å²) in [6.07, 6.45) is 3.06. The van der Waals surface area contributed by atoms with Crippen molar-refractivity contribution in [2.45, 2.75) is 32.6 Å². The number of benzene rings is 1. The zero-order valence-electron chi connectivity index (χ0n) is 12.5. The fourth-order valence-corrected chi connectivity index (χ4v) is 2.32. The molecular formula is C16H24BrN3. The highest BCUT2D eigenvalue weighted by atomic mass is 79.9. The Labute approximate surface area is 130 Å². The number of alkyl halides is 1. The largest absolute Gasteiger partial charge is 0.404 e. The minimum Gasteiger partial charge on any atom is -0.404 e. The first kappa shape index (κ1) is 16.8. The summed E-state index contributed by atoms with van der Waals surface area (Å²) in [6.45, 7) is 8.06. The molecule has 0 atom stereocenters. The van der Waals surface area contributed by atoms with Crippen LogP contribution in [-0.4, -0.2) is 17.3 Å². The number of nitrogens with one attached hydrogen (secondary N) is 1. The number of nitrogens with two attached hydrogens (primary N) is 1. The molecule has 0 unspecified atom stereocenters. The van der Waals surface area contributed by atoms with Gasteiger partial charge in [0.05, 0.1) is 0 Å². The van der Waals surface area contributed by atoms with Gasteiger partial charge >= 0.3 is 0 Å². The van der Waals surface area contributed by atoms with E-state index in [9.17, 15) is 0 Å². The van der Waals surface area contributed by atoms with Crippen molar-refractivity contribution >= 4 is 21.8 Å². The smallest absolute Gasteiger partial charge is 0.122 e. The molecule has 0 spiro atoms. The average Bonchev–Trinajstić information content (AvgIpc) is 2.37. The third kappa shape index (κ3) is 5.78. The minimum absolute atomic E-state index is 0.130. The van der Waals surface area contributed by atoms with Gasteiger partial charge in [0.1, 0.15) is 5.84 Å². The van der Waals surface area contributed by atoms with E-state index in [1.54, 1.807) is 6.08 Å². The Kier molecular flexibility index (Phi) is 6.27. The topological polar surface area (TPSA) is 53.1 Å². The highest BCUT2D eigenvalue weighted by Gasteiger charge is 2.18. The zero-order valence-corrected chi connectivity index (χ0v) is 14.1. The van der Waals surface area contributed by atoms with Crippen LogP contribution in [0, 0.1) is 10.8 Å². The van der Waals surface area contributed by atoms with E-state index in [0.717, 1.165) is 18.4 Å². The van der Waals surface area contributed by atoms with Crippen molar-refractivity contribution in [3.05, 3.63) is 47.7 Å². The molecule has 0 heterocycles. The molecule has 20 heavy (non-hydrogen) atoms. The van der Waals surface area contributed by atoms with E-state index < -0.39 is 0 Å². The molecule has 0 aliphatic carbocycles. The molecule has 3 nitrogen and oxygen atoms in total. The molecule has 0 saturated heterocycles. The number of halogens is 1. The molecule has 0 radical (unpaired) electrons. The van der Waals surface area contributed by atoms with E-state index in [4.69, 9.17) is 11.1 Å². The van der Waals surface area contributed by atoms with Crippen molar-refractivity contribution < 1.29 is 0 Å². The van der Waals surface area contributed by atoms with Gasteiger partial charge in [-0.25, -0.2) is 0 Å². The first-order valence-electron chi connectivity index (χ1n) is 6.71. The van der Waals surface area contributed by atoms with Crippen molar-refractivity contribution in [3.63, 3.8) is 0 Å². The van der Waals surface area contributed by atoms with E-state index in [0.29, 0.717) is 5.84 Å². The van der Waals surface area contributed by atoms with Crippen LogP contribution in [0.25, 0.3) is 0 Å². The number of nitrogens with zero attached hydrogens (tertiary/aromatic N) is 1. The SMILES string of the molecule is CC(C)(C)CN(Cc1ccc(CBr)cc1)C(=N)/C=C\N. The minimum atomic E-state index is 0.130. The Morgan fingerprint density at radius 3 is 2.25 bits per heavy atom. The van der Waals surface area contributed by atoms with Crippen LogP contribution < -0.4 is 5.73 Å². The number of hydrogen-bond acceptors (Lipinski definition) is 2. The molecular weight excluding hydrogens is 314 g/mol. The molecule has 0 aliphatic heterocycles. The van der Waals surface area contributed by atoms with Gasteiger partial charge in [0.15, 0.2) is 0 Å². The van der Waals surface area contributed by atoms with E-state index in [1.807, 2.05) is 4.90 Å². The van der Waals surface area contributed by atoms with Crippen molar-refractivity contribution in [1.29, 1.82) is 5.41 Å². The lowest BCUT2D eigenvalue weighted by Gasteiger charge is -2.31. The Morgan fingerprint density at radius 1 is 1.25 bits per heavy atom. The average molecular weight is 338 g/mol. The molecule has 1 aromatic carbocycles. The van der Waals surface area contributed by atoms with Gasteiger partial charge in [-0.05, 0) is 28.8 Å². The monoisotopic (exact) mass is 337 g/mol. The van der Waals surface area contributed by atoms with Crippen molar-refractivity contribution in [1.82, 2.24) is 4.90 Å². The van der Waals surface area contributed by atoms with Crippen LogP contribution in [0.15, 0.2) is 36.5 Å². The van der Waals surface area contributed by atoms with Crippen molar-refractivity contribution in [3.8, 4) is 0 Å². The maximum atomic E-state index is 8.11. The first-order valence-corrected chi connectivity index (χ1v) is 7.83. The van der Waals surface area contributed by atoms with Crippen LogP contribution in [0.2, 0.25) is 0 Å². The zero-order chi connectivity index (χ0) is 15.2.